The number of ether oxygens (including phenoxy) is 1. The van der Waals surface area contributed by atoms with Gasteiger partial charge in [0, 0.05) is 28.9 Å². The fourth-order valence-electron chi connectivity index (χ4n) is 2.76. The third-order valence-corrected chi connectivity index (χ3v) is 3.87. The van der Waals surface area contributed by atoms with Gasteiger partial charge in [-0.1, -0.05) is 24.3 Å². The number of rotatable bonds is 7. The molecule has 1 heterocycles. The maximum absolute atomic E-state index is 9.57. The topological polar surface area (TPSA) is 54.4 Å². The summed E-state index contributed by atoms with van der Waals surface area (Å²) >= 11 is 0. The van der Waals surface area contributed by atoms with Crippen LogP contribution in [-0.4, -0.2) is 23.7 Å². The van der Waals surface area contributed by atoms with Crippen molar-refractivity contribution >= 4 is 23.5 Å². The van der Waals surface area contributed by atoms with E-state index < -0.39 is 7.05 Å². The van der Waals surface area contributed by atoms with Crippen LogP contribution >= 0.6 is 0 Å². The lowest BCUT2D eigenvalue weighted by Gasteiger charge is -2.14. The summed E-state index contributed by atoms with van der Waals surface area (Å²) in [5, 5.41) is 14.7. The van der Waals surface area contributed by atoms with Crippen molar-refractivity contribution in [2.45, 2.75) is 19.7 Å². The first-order chi connectivity index (χ1) is 11.7. The van der Waals surface area contributed by atoms with Crippen LogP contribution in [0.2, 0.25) is 6.82 Å². The lowest BCUT2D eigenvalue weighted by molar-refractivity contribution is 0.314. The normalized spacial score (nSPS) is 10.6. The van der Waals surface area contributed by atoms with Crippen LogP contribution in [0.25, 0.3) is 10.8 Å². The number of nitrogens with one attached hydrogen (secondary N) is 1. The predicted molar refractivity (Wildman–Crippen MR) is 99.5 cm³/mol. The van der Waals surface area contributed by atoms with Crippen molar-refractivity contribution in [2.24, 2.45) is 0 Å². The lowest BCUT2D eigenvalue weighted by atomic mass is 9.87. The second-order valence-corrected chi connectivity index (χ2v) is 5.78. The van der Waals surface area contributed by atoms with Gasteiger partial charge in [0.05, 0.1) is 6.61 Å². The Morgan fingerprint density at radius 3 is 2.54 bits per heavy atom. The van der Waals surface area contributed by atoms with Gasteiger partial charge in [0.25, 0.3) is 0 Å². The molecule has 2 aromatic carbocycles. The molecule has 0 radical (unpaired) electrons. The highest BCUT2D eigenvalue weighted by Gasteiger charge is 2.09. The van der Waals surface area contributed by atoms with Crippen molar-refractivity contribution in [3.63, 3.8) is 0 Å². The minimum atomic E-state index is -0.597. The smallest absolute Gasteiger partial charge is 0.406 e. The van der Waals surface area contributed by atoms with Crippen LogP contribution < -0.4 is 9.96 Å². The van der Waals surface area contributed by atoms with Gasteiger partial charge in [0.1, 0.15) is 5.75 Å². The molecule has 1 aromatic heterocycles. The third kappa shape index (κ3) is 4.06. The Kier molecular flexibility index (Phi) is 5.34. The Balaban J connectivity index is 1.68. The summed E-state index contributed by atoms with van der Waals surface area (Å²) in [7, 11) is -0.597. The van der Waals surface area contributed by atoms with E-state index in [2.05, 4.69) is 10.2 Å². The van der Waals surface area contributed by atoms with E-state index >= 15 is 0 Å². The van der Waals surface area contributed by atoms with Gasteiger partial charge in [-0.3, -0.25) is 4.98 Å². The molecule has 5 heteroatoms. The highest BCUT2D eigenvalue weighted by atomic mass is 16.5. The molecule has 0 spiro atoms. The van der Waals surface area contributed by atoms with E-state index in [9.17, 15) is 5.02 Å². The van der Waals surface area contributed by atoms with Crippen LogP contribution in [0.4, 0.5) is 5.69 Å². The van der Waals surface area contributed by atoms with Crippen LogP contribution in [0.5, 0.6) is 5.75 Å². The molecule has 0 bridgehead atoms. The van der Waals surface area contributed by atoms with Crippen molar-refractivity contribution in [1.82, 2.24) is 4.98 Å². The highest BCUT2D eigenvalue weighted by Crippen LogP contribution is 2.31. The second kappa shape index (κ2) is 7.84. The van der Waals surface area contributed by atoms with Crippen molar-refractivity contribution < 1.29 is 9.76 Å². The number of aryl methyl sites for hydroxylation is 1. The molecule has 3 aromatic rings. The number of nitrogens with zero attached hydrogens (tertiary/aromatic N) is 1. The van der Waals surface area contributed by atoms with Gasteiger partial charge in [-0.2, -0.15) is 0 Å². The minimum absolute atomic E-state index is 0.597. The molecule has 0 aliphatic heterocycles. The summed E-state index contributed by atoms with van der Waals surface area (Å²) in [6.07, 6.45) is 5.56. The largest absolute Gasteiger partial charge is 0.493 e. The van der Waals surface area contributed by atoms with Crippen molar-refractivity contribution in [2.75, 3.05) is 11.8 Å². The van der Waals surface area contributed by atoms with Gasteiger partial charge in [0.2, 0.25) is 0 Å². The fraction of sp³-hybridized carbons (Fsp3) is 0.211. The van der Waals surface area contributed by atoms with Crippen LogP contribution in [0.1, 0.15) is 12.0 Å². The van der Waals surface area contributed by atoms with Crippen molar-refractivity contribution in [3.05, 3.63) is 66.5 Å². The zero-order valence-electron chi connectivity index (χ0n) is 13.8. The molecule has 0 aliphatic rings. The Labute approximate surface area is 142 Å². The Morgan fingerprint density at radius 1 is 1.04 bits per heavy atom. The first-order valence-electron chi connectivity index (χ1n) is 8.22. The van der Waals surface area contributed by atoms with E-state index in [1.54, 1.807) is 6.82 Å². The second-order valence-electron chi connectivity index (χ2n) is 5.78. The zero-order chi connectivity index (χ0) is 16.8. The summed E-state index contributed by atoms with van der Waals surface area (Å²) in [4.78, 5) is 4.03. The van der Waals surface area contributed by atoms with E-state index in [-0.39, 0.29) is 0 Å². The average molecular weight is 320 g/mol. The van der Waals surface area contributed by atoms with Crippen LogP contribution in [0.3, 0.4) is 0 Å². The van der Waals surface area contributed by atoms with Gasteiger partial charge in [-0.25, -0.2) is 0 Å². The number of aromatic nitrogens is 1. The molecule has 0 amide bonds. The molecule has 0 aliphatic carbocycles. The highest BCUT2D eigenvalue weighted by molar-refractivity contribution is 6.53. The van der Waals surface area contributed by atoms with E-state index in [1.807, 2.05) is 60.9 Å². The van der Waals surface area contributed by atoms with E-state index in [4.69, 9.17) is 4.74 Å². The summed E-state index contributed by atoms with van der Waals surface area (Å²) < 4.78 is 6.00. The van der Waals surface area contributed by atoms with Crippen LogP contribution in [0, 0.1) is 0 Å². The molecule has 0 saturated carbocycles. The molecule has 24 heavy (non-hydrogen) atoms. The lowest BCUT2D eigenvalue weighted by Crippen LogP contribution is -2.19. The summed E-state index contributed by atoms with van der Waals surface area (Å²) in [6.45, 7) is 2.37. The van der Waals surface area contributed by atoms with Gasteiger partial charge < -0.3 is 15.0 Å². The molecular weight excluding hydrogens is 299 g/mol. The summed E-state index contributed by atoms with van der Waals surface area (Å²) in [5.74, 6) is 0.872. The minimum Gasteiger partial charge on any atom is -0.493 e. The Hall–Kier alpha value is -2.53. The number of pyridine rings is 1. The molecule has 0 saturated heterocycles. The summed E-state index contributed by atoms with van der Waals surface area (Å²) in [6, 6.07) is 16.0. The Morgan fingerprint density at radius 2 is 1.79 bits per heavy atom. The average Bonchev–Trinajstić information content (AvgIpc) is 2.61. The molecule has 0 atom stereocenters. The molecule has 4 nitrogen and oxygen atoms in total. The molecule has 0 unspecified atom stereocenters. The van der Waals surface area contributed by atoms with Gasteiger partial charge in [0.15, 0.2) is 0 Å². The number of benzene rings is 2. The van der Waals surface area contributed by atoms with E-state index in [1.165, 1.54) is 5.56 Å². The van der Waals surface area contributed by atoms with Crippen LogP contribution in [0.15, 0.2) is 60.9 Å². The molecule has 3 rings (SSSR count). The number of fused-ring (bicyclic) bond motifs is 1. The third-order valence-electron chi connectivity index (χ3n) is 3.87. The molecular formula is C19H21BN2O2. The summed E-state index contributed by atoms with van der Waals surface area (Å²) in [5.41, 5.74) is 2.18. The van der Waals surface area contributed by atoms with E-state index in [0.29, 0.717) is 6.61 Å². The SMILES string of the molecule is CB(O)Nc1ccc(OCCCc2ccncc2)c2ccccc12. The quantitative estimate of drug-likeness (QED) is 0.514. The maximum Gasteiger partial charge on any atom is 0.406 e. The van der Waals surface area contributed by atoms with Gasteiger partial charge in [-0.15, -0.1) is 0 Å². The maximum atomic E-state index is 9.57. The zero-order valence-corrected chi connectivity index (χ0v) is 13.8. The van der Waals surface area contributed by atoms with Crippen LogP contribution in [-0.2, 0) is 6.42 Å². The Bertz CT molecular complexity index is 794. The van der Waals surface area contributed by atoms with Gasteiger partial charge in [-0.05, 0) is 49.5 Å². The molecule has 2 N–H and O–H groups in total. The number of hydrogen-bond donors (Lipinski definition) is 2. The van der Waals surface area contributed by atoms with Crippen molar-refractivity contribution in [1.29, 1.82) is 0 Å². The predicted octanol–water partition coefficient (Wildman–Crippen LogP) is 3.77. The van der Waals surface area contributed by atoms with Gasteiger partial charge >= 0.3 is 7.05 Å². The van der Waals surface area contributed by atoms with Crippen molar-refractivity contribution in [3.8, 4) is 5.75 Å². The standard InChI is InChI=1S/C19H21BN2O2/c1-20(23)22-18-8-9-19(17-7-3-2-6-16(17)18)24-14-4-5-15-10-12-21-13-11-15/h2-3,6-13,22-23H,4-5,14H2,1H3. The number of hydrogen-bond acceptors (Lipinski definition) is 4. The van der Waals surface area contributed by atoms with E-state index in [0.717, 1.165) is 35.1 Å². The first-order valence-corrected chi connectivity index (χ1v) is 8.22. The molecule has 0 fully saturated rings. The molecule has 122 valence electrons. The number of anilines is 1. The fourth-order valence-corrected chi connectivity index (χ4v) is 2.76. The monoisotopic (exact) mass is 320 g/mol. The first kappa shape index (κ1) is 16.3.